The second kappa shape index (κ2) is 8.07. The lowest BCUT2D eigenvalue weighted by Crippen LogP contribution is -2.47. The third-order valence-electron chi connectivity index (χ3n) is 7.52. The molecule has 4 unspecified atom stereocenters. The van der Waals surface area contributed by atoms with E-state index in [4.69, 9.17) is 4.74 Å². The van der Waals surface area contributed by atoms with Crippen LogP contribution in [0.25, 0.3) is 0 Å². The molecule has 0 radical (unpaired) electrons. The Morgan fingerprint density at radius 2 is 1.97 bits per heavy atom. The molecule has 7 nitrogen and oxygen atoms in total. The first kappa shape index (κ1) is 22.3. The quantitative estimate of drug-likeness (QED) is 0.592. The molecule has 2 aromatic rings. The highest BCUT2D eigenvalue weighted by atomic mass is 32.2. The summed E-state index contributed by atoms with van der Waals surface area (Å²) in [5.74, 6) is -2.65. The van der Waals surface area contributed by atoms with E-state index >= 15 is 4.48 Å². The summed E-state index contributed by atoms with van der Waals surface area (Å²) in [5, 5.41) is 10.1. The van der Waals surface area contributed by atoms with Gasteiger partial charge >= 0.3 is 5.97 Å². The first-order valence-corrected chi connectivity index (χ1v) is 12.8. The van der Waals surface area contributed by atoms with E-state index in [1.54, 1.807) is 36.4 Å². The highest BCUT2D eigenvalue weighted by molar-refractivity contribution is 7.89. The van der Waals surface area contributed by atoms with Crippen molar-refractivity contribution in [3.8, 4) is 5.75 Å². The number of hydrogen-bond acceptors (Lipinski definition) is 5. The highest BCUT2D eigenvalue weighted by Gasteiger charge is 2.79. The molecular formula is C24H27FN2O5S. The molecule has 176 valence electrons. The molecule has 3 aliphatic rings. The van der Waals surface area contributed by atoms with Crippen LogP contribution in [-0.4, -0.2) is 60.2 Å². The van der Waals surface area contributed by atoms with Gasteiger partial charge in [0.1, 0.15) is 5.75 Å². The van der Waals surface area contributed by atoms with Crippen molar-refractivity contribution in [2.45, 2.75) is 48.6 Å². The number of para-hydroxylation sites is 1. The Bertz CT molecular complexity index is 1190. The summed E-state index contributed by atoms with van der Waals surface area (Å²) in [6.45, 7) is 4.01. The fraction of sp³-hybridized carbons (Fsp3) is 0.458. The monoisotopic (exact) mass is 474 g/mol. The van der Waals surface area contributed by atoms with Crippen molar-refractivity contribution in [2.24, 2.45) is 5.92 Å². The Labute approximate surface area is 192 Å². The fourth-order valence-corrected chi connectivity index (χ4v) is 7.23. The van der Waals surface area contributed by atoms with E-state index in [1.165, 1.54) is 12.1 Å². The van der Waals surface area contributed by atoms with Crippen molar-refractivity contribution in [3.05, 3.63) is 59.7 Å². The van der Waals surface area contributed by atoms with Crippen LogP contribution < -0.4 is 4.74 Å². The average molecular weight is 475 g/mol. The number of ether oxygens (including phenoxy) is 1. The van der Waals surface area contributed by atoms with Gasteiger partial charge in [0.25, 0.3) is 10.0 Å². The number of nitrogens with zero attached hydrogens (tertiary/aromatic N) is 2. The van der Waals surface area contributed by atoms with E-state index in [0.29, 0.717) is 29.3 Å². The zero-order valence-corrected chi connectivity index (χ0v) is 19.2. The van der Waals surface area contributed by atoms with Gasteiger partial charge in [-0.1, -0.05) is 43.3 Å². The normalized spacial score (nSPS) is 28.4. The Hall–Kier alpha value is -2.49. The molecule has 33 heavy (non-hydrogen) atoms. The molecule has 5 rings (SSSR count). The number of sulfonamides is 1. The molecule has 4 atom stereocenters. The third kappa shape index (κ3) is 3.28. The summed E-state index contributed by atoms with van der Waals surface area (Å²) in [4.78, 5) is 14.5. The molecule has 0 spiro atoms. The van der Waals surface area contributed by atoms with E-state index in [1.807, 2.05) is 0 Å². The standard InChI is InChI=1S/C24H27FN2O5S/c1-2-26-14-13-17(26)12-11-16-7-3-6-10-21(16)33(30,31)27(25)24(23(28)29)19-15-32-20-9-5-4-8-18(20)22(19)24/h3-10,17,19,22H,2,11-15H2,1H3,(H,28,29). The second-order valence-corrected chi connectivity index (χ2v) is 10.7. The van der Waals surface area contributed by atoms with Gasteiger partial charge in [-0.15, -0.1) is 4.48 Å². The van der Waals surface area contributed by atoms with Crippen molar-refractivity contribution < 1.29 is 27.5 Å². The predicted molar refractivity (Wildman–Crippen MR) is 119 cm³/mol. The molecule has 0 amide bonds. The summed E-state index contributed by atoms with van der Waals surface area (Å²) in [5.41, 5.74) is -1.19. The molecule has 2 aliphatic heterocycles. The van der Waals surface area contributed by atoms with Gasteiger partial charge in [-0.3, -0.25) is 4.79 Å². The number of rotatable bonds is 8. The SMILES string of the molecule is CCN1CCC1CCc1ccccc1S(=O)(=O)N(F)C1(C(=O)O)C2COc3ccccc3C21. The Balaban J connectivity index is 1.46. The van der Waals surface area contributed by atoms with Gasteiger partial charge in [0.05, 0.1) is 11.5 Å². The van der Waals surface area contributed by atoms with Gasteiger partial charge in [-0.05, 0) is 54.6 Å². The number of fused-ring (bicyclic) bond motifs is 3. The molecule has 9 heteroatoms. The van der Waals surface area contributed by atoms with Gasteiger partial charge in [0.15, 0.2) is 5.54 Å². The van der Waals surface area contributed by atoms with Crippen LogP contribution in [0.1, 0.15) is 36.8 Å². The van der Waals surface area contributed by atoms with Crippen LogP contribution in [0.4, 0.5) is 4.48 Å². The number of aliphatic carboxylic acids is 1. The molecule has 2 heterocycles. The van der Waals surface area contributed by atoms with Gasteiger partial charge < -0.3 is 14.7 Å². The van der Waals surface area contributed by atoms with Gasteiger partial charge in [-0.2, -0.15) is 0 Å². The zero-order valence-electron chi connectivity index (χ0n) is 18.4. The summed E-state index contributed by atoms with van der Waals surface area (Å²) >= 11 is 0. The Kier molecular flexibility index (Phi) is 5.46. The van der Waals surface area contributed by atoms with Crippen molar-refractivity contribution >= 4 is 16.0 Å². The van der Waals surface area contributed by atoms with Crippen LogP contribution in [-0.2, 0) is 21.2 Å². The summed E-state index contributed by atoms with van der Waals surface area (Å²) in [7, 11) is -4.71. The van der Waals surface area contributed by atoms with Crippen molar-refractivity contribution in [2.75, 3.05) is 19.7 Å². The molecule has 0 aromatic heterocycles. The maximum Gasteiger partial charge on any atom is 0.329 e. The maximum absolute atomic E-state index is 15.9. The van der Waals surface area contributed by atoms with Crippen LogP contribution in [0.3, 0.4) is 0 Å². The first-order valence-electron chi connectivity index (χ1n) is 11.3. The van der Waals surface area contributed by atoms with Crippen molar-refractivity contribution in [1.82, 2.24) is 9.43 Å². The topological polar surface area (TPSA) is 87.2 Å². The minimum absolute atomic E-state index is 0.0555. The number of hydrogen-bond donors (Lipinski definition) is 1. The van der Waals surface area contributed by atoms with E-state index in [-0.39, 0.29) is 11.5 Å². The number of carboxylic acids is 1. The summed E-state index contributed by atoms with van der Waals surface area (Å²) in [6, 6.07) is 13.5. The minimum Gasteiger partial charge on any atom is -0.493 e. The van der Waals surface area contributed by atoms with Gasteiger partial charge in [-0.25, -0.2) is 8.42 Å². The second-order valence-electron chi connectivity index (χ2n) is 9.00. The van der Waals surface area contributed by atoms with E-state index in [9.17, 15) is 18.3 Å². The van der Waals surface area contributed by atoms with Crippen LogP contribution in [0, 0.1) is 5.92 Å². The number of aryl methyl sites for hydroxylation is 1. The molecule has 1 saturated heterocycles. The number of carboxylic acid groups (broad SMARTS) is 1. The van der Waals surface area contributed by atoms with Gasteiger partial charge in [0.2, 0.25) is 0 Å². The lowest BCUT2D eigenvalue weighted by molar-refractivity contribution is -0.149. The maximum atomic E-state index is 15.9. The van der Waals surface area contributed by atoms with E-state index in [2.05, 4.69) is 11.8 Å². The Morgan fingerprint density at radius 3 is 2.67 bits per heavy atom. The first-order chi connectivity index (χ1) is 15.8. The van der Waals surface area contributed by atoms with Crippen LogP contribution in [0.2, 0.25) is 0 Å². The van der Waals surface area contributed by atoms with Crippen LogP contribution in [0.5, 0.6) is 5.75 Å². The van der Waals surface area contributed by atoms with Gasteiger partial charge in [0, 0.05) is 23.4 Å². The Morgan fingerprint density at radius 1 is 1.24 bits per heavy atom. The number of halogens is 1. The lowest BCUT2D eigenvalue weighted by Gasteiger charge is -2.40. The molecule has 1 saturated carbocycles. The fourth-order valence-electron chi connectivity index (χ4n) is 5.58. The average Bonchev–Trinajstić information content (AvgIpc) is 3.49. The van der Waals surface area contributed by atoms with Crippen LogP contribution >= 0.6 is 0 Å². The number of benzene rings is 2. The zero-order chi connectivity index (χ0) is 23.4. The van der Waals surface area contributed by atoms with Crippen molar-refractivity contribution in [3.63, 3.8) is 0 Å². The predicted octanol–water partition coefficient (Wildman–Crippen LogP) is 3.22. The summed E-state index contributed by atoms with van der Waals surface area (Å²) in [6.07, 6.45) is 2.30. The molecule has 2 aromatic carbocycles. The van der Waals surface area contributed by atoms with E-state index in [0.717, 1.165) is 25.9 Å². The molecule has 1 N–H and O–H groups in total. The lowest BCUT2D eigenvalue weighted by atomic mass is 9.95. The number of likely N-dealkylation sites (tertiary alicyclic amines) is 1. The molecule has 2 fully saturated rings. The van der Waals surface area contributed by atoms with E-state index < -0.39 is 37.9 Å². The van der Waals surface area contributed by atoms with Crippen molar-refractivity contribution in [1.29, 1.82) is 0 Å². The molecule has 0 bridgehead atoms. The summed E-state index contributed by atoms with van der Waals surface area (Å²) < 4.78 is 48.1. The highest BCUT2D eigenvalue weighted by Crippen LogP contribution is 2.66. The smallest absolute Gasteiger partial charge is 0.329 e. The number of carbonyl (C=O) groups is 1. The largest absolute Gasteiger partial charge is 0.493 e. The van der Waals surface area contributed by atoms with Crippen LogP contribution in [0.15, 0.2) is 53.4 Å². The molecule has 1 aliphatic carbocycles. The molecular weight excluding hydrogens is 447 g/mol. The minimum atomic E-state index is -4.71. The third-order valence-corrected chi connectivity index (χ3v) is 9.20.